The number of hydrogen-bond acceptors (Lipinski definition) is 3. The summed E-state index contributed by atoms with van der Waals surface area (Å²) in [5.74, 6) is 0. The first-order valence-corrected chi connectivity index (χ1v) is 6.76. The quantitative estimate of drug-likeness (QED) is 0.895. The molecule has 0 saturated carbocycles. The molecule has 0 aliphatic carbocycles. The van der Waals surface area contributed by atoms with Gasteiger partial charge in [-0.25, -0.2) is 4.68 Å². The van der Waals surface area contributed by atoms with Crippen LogP contribution in [0.3, 0.4) is 0 Å². The van der Waals surface area contributed by atoms with Crippen LogP contribution in [-0.4, -0.2) is 21.5 Å². The first-order chi connectivity index (χ1) is 9.10. The fraction of sp³-hybridized carbons (Fsp3) is 0.467. The van der Waals surface area contributed by atoms with E-state index in [1.165, 1.54) is 22.3 Å². The van der Waals surface area contributed by atoms with Crippen LogP contribution in [0, 0.1) is 20.8 Å². The maximum absolute atomic E-state index is 4.20. The average molecular weight is 258 g/mol. The lowest BCUT2D eigenvalue weighted by atomic mass is 10.00. The summed E-state index contributed by atoms with van der Waals surface area (Å²) in [6.07, 6.45) is 2.02. The minimum absolute atomic E-state index is 0.780. The average Bonchev–Trinajstić information content (AvgIpc) is 2.79. The molecule has 2 aromatic rings. The van der Waals surface area contributed by atoms with E-state index in [4.69, 9.17) is 0 Å². The van der Waals surface area contributed by atoms with Crippen LogP contribution in [0.2, 0.25) is 0 Å². The van der Waals surface area contributed by atoms with Crippen molar-refractivity contribution < 1.29 is 0 Å². The molecule has 0 amide bonds. The van der Waals surface area contributed by atoms with Crippen LogP contribution in [0.1, 0.15) is 34.9 Å². The van der Waals surface area contributed by atoms with E-state index in [2.05, 4.69) is 55.5 Å². The second-order valence-corrected chi connectivity index (χ2v) is 5.07. The smallest absolute Gasteiger partial charge is 0.0964 e. The molecule has 2 rings (SSSR count). The number of aromatic nitrogens is 3. The molecule has 1 aromatic heterocycles. The highest BCUT2D eigenvalue weighted by atomic mass is 15.4. The molecule has 4 heteroatoms. The standard InChI is InChI=1S/C15H22N4/c1-5-16-8-14-9-19(18-17-14)10-15-12(3)6-11(2)7-13(15)4/h6-7,9,16H,5,8,10H2,1-4H3. The van der Waals surface area contributed by atoms with Crippen molar-refractivity contribution in [2.75, 3.05) is 6.54 Å². The summed E-state index contributed by atoms with van der Waals surface area (Å²) in [6.45, 7) is 11.1. The Kier molecular flexibility index (Phi) is 4.32. The number of nitrogens with zero attached hydrogens (tertiary/aromatic N) is 3. The second-order valence-electron chi connectivity index (χ2n) is 5.07. The molecule has 0 aliphatic heterocycles. The zero-order valence-corrected chi connectivity index (χ0v) is 12.2. The first-order valence-electron chi connectivity index (χ1n) is 6.76. The number of hydrogen-bond donors (Lipinski definition) is 1. The lowest BCUT2D eigenvalue weighted by Gasteiger charge is -2.10. The highest BCUT2D eigenvalue weighted by molar-refractivity contribution is 5.37. The van der Waals surface area contributed by atoms with Gasteiger partial charge in [-0.2, -0.15) is 0 Å². The third-order valence-electron chi connectivity index (χ3n) is 3.30. The van der Waals surface area contributed by atoms with Gasteiger partial charge in [-0.15, -0.1) is 5.10 Å². The predicted octanol–water partition coefficient (Wildman–Crippen LogP) is 2.36. The van der Waals surface area contributed by atoms with Gasteiger partial charge in [0.25, 0.3) is 0 Å². The van der Waals surface area contributed by atoms with Crippen molar-refractivity contribution in [2.45, 2.75) is 40.8 Å². The summed E-state index contributed by atoms with van der Waals surface area (Å²) in [6, 6.07) is 4.44. The highest BCUT2D eigenvalue weighted by Gasteiger charge is 2.06. The number of rotatable bonds is 5. The van der Waals surface area contributed by atoms with Crippen LogP contribution in [-0.2, 0) is 13.1 Å². The molecule has 0 saturated heterocycles. The molecule has 0 aliphatic rings. The van der Waals surface area contributed by atoms with E-state index in [0.29, 0.717) is 0 Å². The van der Waals surface area contributed by atoms with E-state index in [0.717, 1.165) is 25.3 Å². The van der Waals surface area contributed by atoms with Gasteiger partial charge in [-0.1, -0.05) is 29.8 Å². The summed E-state index contributed by atoms with van der Waals surface area (Å²) in [5.41, 5.74) is 6.28. The minimum Gasteiger partial charge on any atom is -0.311 e. The lowest BCUT2D eigenvalue weighted by molar-refractivity contribution is 0.643. The van der Waals surface area contributed by atoms with Gasteiger partial charge in [0.2, 0.25) is 0 Å². The minimum atomic E-state index is 0.780. The number of aryl methyl sites for hydroxylation is 3. The maximum atomic E-state index is 4.20. The molecule has 0 fully saturated rings. The van der Waals surface area contributed by atoms with Crippen molar-refractivity contribution >= 4 is 0 Å². The Morgan fingerprint density at radius 2 is 1.84 bits per heavy atom. The van der Waals surface area contributed by atoms with E-state index < -0.39 is 0 Å². The molecule has 0 bridgehead atoms. The van der Waals surface area contributed by atoms with Crippen molar-refractivity contribution in [3.05, 3.63) is 46.3 Å². The third-order valence-corrected chi connectivity index (χ3v) is 3.30. The van der Waals surface area contributed by atoms with Crippen molar-refractivity contribution in [1.29, 1.82) is 0 Å². The summed E-state index contributed by atoms with van der Waals surface area (Å²) < 4.78 is 1.91. The van der Waals surface area contributed by atoms with E-state index in [-0.39, 0.29) is 0 Å². The molecule has 0 unspecified atom stereocenters. The topological polar surface area (TPSA) is 42.7 Å². The van der Waals surface area contributed by atoms with Crippen molar-refractivity contribution in [1.82, 2.24) is 20.3 Å². The SMILES string of the molecule is CCNCc1cn(Cc2c(C)cc(C)cc2C)nn1. The fourth-order valence-corrected chi connectivity index (χ4v) is 2.37. The molecular weight excluding hydrogens is 236 g/mol. The Hall–Kier alpha value is -1.68. The molecule has 1 aromatic carbocycles. The van der Waals surface area contributed by atoms with Gasteiger partial charge >= 0.3 is 0 Å². The van der Waals surface area contributed by atoms with Gasteiger partial charge in [0.1, 0.15) is 0 Å². The van der Waals surface area contributed by atoms with Crippen LogP contribution in [0.4, 0.5) is 0 Å². The van der Waals surface area contributed by atoms with Crippen LogP contribution in [0.15, 0.2) is 18.3 Å². The maximum Gasteiger partial charge on any atom is 0.0964 e. The normalized spacial score (nSPS) is 10.9. The van der Waals surface area contributed by atoms with E-state index >= 15 is 0 Å². The molecule has 0 radical (unpaired) electrons. The molecule has 102 valence electrons. The Morgan fingerprint density at radius 1 is 1.16 bits per heavy atom. The molecule has 0 atom stereocenters. The van der Waals surface area contributed by atoms with Crippen LogP contribution in [0.5, 0.6) is 0 Å². The van der Waals surface area contributed by atoms with Gasteiger partial charge in [0.15, 0.2) is 0 Å². The Morgan fingerprint density at radius 3 is 2.47 bits per heavy atom. The monoisotopic (exact) mass is 258 g/mol. The highest BCUT2D eigenvalue weighted by Crippen LogP contribution is 2.17. The van der Waals surface area contributed by atoms with E-state index in [1.54, 1.807) is 0 Å². The Labute approximate surface area is 114 Å². The zero-order valence-electron chi connectivity index (χ0n) is 12.2. The predicted molar refractivity (Wildman–Crippen MR) is 77.2 cm³/mol. The Balaban J connectivity index is 2.15. The summed E-state index contributed by atoms with van der Waals surface area (Å²) in [4.78, 5) is 0. The lowest BCUT2D eigenvalue weighted by Crippen LogP contribution is -2.11. The van der Waals surface area contributed by atoms with Gasteiger partial charge in [0.05, 0.1) is 18.4 Å². The zero-order chi connectivity index (χ0) is 13.8. The number of nitrogens with one attached hydrogen (secondary N) is 1. The summed E-state index contributed by atoms with van der Waals surface area (Å²) in [7, 11) is 0. The molecule has 0 spiro atoms. The molecule has 4 nitrogen and oxygen atoms in total. The molecule has 19 heavy (non-hydrogen) atoms. The van der Waals surface area contributed by atoms with Gasteiger partial charge in [0, 0.05) is 6.54 Å². The van der Waals surface area contributed by atoms with Crippen LogP contribution in [0.25, 0.3) is 0 Å². The van der Waals surface area contributed by atoms with Gasteiger partial charge in [-0.05, 0) is 44.0 Å². The fourth-order valence-electron chi connectivity index (χ4n) is 2.37. The van der Waals surface area contributed by atoms with Gasteiger partial charge < -0.3 is 5.32 Å². The molecular formula is C15H22N4. The summed E-state index contributed by atoms with van der Waals surface area (Å²) in [5, 5.41) is 11.6. The molecule has 1 heterocycles. The summed E-state index contributed by atoms with van der Waals surface area (Å²) >= 11 is 0. The van der Waals surface area contributed by atoms with E-state index in [9.17, 15) is 0 Å². The third kappa shape index (κ3) is 3.41. The largest absolute Gasteiger partial charge is 0.311 e. The molecule has 1 N–H and O–H groups in total. The Bertz CT molecular complexity index is 534. The first kappa shape index (κ1) is 13.7. The van der Waals surface area contributed by atoms with E-state index in [1.807, 2.05) is 10.9 Å². The second kappa shape index (κ2) is 5.97. The van der Waals surface area contributed by atoms with Crippen LogP contribution >= 0.6 is 0 Å². The van der Waals surface area contributed by atoms with Gasteiger partial charge in [-0.3, -0.25) is 0 Å². The van der Waals surface area contributed by atoms with Crippen molar-refractivity contribution in [3.63, 3.8) is 0 Å². The number of benzene rings is 1. The van der Waals surface area contributed by atoms with Crippen molar-refractivity contribution in [2.24, 2.45) is 0 Å². The van der Waals surface area contributed by atoms with Crippen LogP contribution < -0.4 is 5.32 Å². The van der Waals surface area contributed by atoms with Crippen molar-refractivity contribution in [3.8, 4) is 0 Å².